The van der Waals surface area contributed by atoms with E-state index in [4.69, 9.17) is 10.5 Å². The number of hydrogen-bond acceptors (Lipinski definition) is 7. The summed E-state index contributed by atoms with van der Waals surface area (Å²) in [5.41, 5.74) is 5.52. The van der Waals surface area contributed by atoms with Gasteiger partial charge in [0.1, 0.15) is 11.7 Å². The number of allylic oxidation sites excluding steroid dienone is 2. The first-order valence-electron chi connectivity index (χ1n) is 9.11. The van der Waals surface area contributed by atoms with Crippen molar-refractivity contribution in [2.75, 3.05) is 13.1 Å². The fourth-order valence-electron chi connectivity index (χ4n) is 3.98. The van der Waals surface area contributed by atoms with Crippen LogP contribution in [0.15, 0.2) is 39.7 Å². The van der Waals surface area contributed by atoms with Gasteiger partial charge in [0.05, 0.1) is 23.4 Å². The second-order valence-corrected chi connectivity index (χ2v) is 8.90. The zero-order valence-corrected chi connectivity index (χ0v) is 17.3. The third-order valence-electron chi connectivity index (χ3n) is 5.22. The van der Waals surface area contributed by atoms with Crippen LogP contribution in [-0.4, -0.2) is 29.7 Å². The van der Waals surface area contributed by atoms with Gasteiger partial charge in [0.15, 0.2) is 5.41 Å². The maximum Gasteiger partial charge on any atom is 0.410 e. The molecule has 0 fully saturated rings. The van der Waals surface area contributed by atoms with Crippen molar-refractivity contribution in [1.82, 2.24) is 4.90 Å². The summed E-state index contributed by atoms with van der Waals surface area (Å²) < 4.78 is 5.49. The smallest absolute Gasteiger partial charge is 0.410 e. The summed E-state index contributed by atoms with van der Waals surface area (Å²) in [6, 6.07) is 8.10. The standard InChI is InChI=1S/C21H21N5O2S/c1-20(2,3)28-19(27)26-6-4-14-15(8-22)18(25)21(11-23,12-24)17(16(14)9-26)13-5-7-29-10-13/h4-5,7,10,16-17H,6,9,25H2,1-3H3/t16-,17?/m0/s1. The van der Waals surface area contributed by atoms with Crippen LogP contribution >= 0.6 is 11.3 Å². The maximum absolute atomic E-state index is 12.6. The molecular formula is C21H21N5O2S. The Morgan fingerprint density at radius 2 is 2.03 bits per heavy atom. The van der Waals surface area contributed by atoms with Gasteiger partial charge in [-0.15, -0.1) is 0 Å². The van der Waals surface area contributed by atoms with Crippen molar-refractivity contribution in [3.8, 4) is 18.2 Å². The quantitative estimate of drug-likeness (QED) is 0.760. The summed E-state index contributed by atoms with van der Waals surface area (Å²) in [6.45, 7) is 5.86. The molecule has 2 atom stereocenters. The highest BCUT2D eigenvalue weighted by atomic mass is 32.1. The van der Waals surface area contributed by atoms with Crippen molar-refractivity contribution in [3.05, 3.63) is 45.3 Å². The normalized spacial score (nSPS) is 23.2. The van der Waals surface area contributed by atoms with E-state index in [9.17, 15) is 20.6 Å². The van der Waals surface area contributed by atoms with Crippen molar-refractivity contribution < 1.29 is 9.53 Å². The van der Waals surface area contributed by atoms with Crippen molar-refractivity contribution in [1.29, 1.82) is 15.8 Å². The molecule has 1 aromatic rings. The van der Waals surface area contributed by atoms with Gasteiger partial charge in [0, 0.05) is 24.9 Å². The molecule has 148 valence electrons. The van der Waals surface area contributed by atoms with E-state index < -0.39 is 28.9 Å². The molecule has 1 amide bonds. The number of hydrogen-bond donors (Lipinski definition) is 1. The minimum absolute atomic E-state index is 0.0191. The van der Waals surface area contributed by atoms with Crippen molar-refractivity contribution >= 4 is 17.4 Å². The van der Waals surface area contributed by atoms with Crippen molar-refractivity contribution in [3.63, 3.8) is 0 Å². The minimum atomic E-state index is -1.69. The van der Waals surface area contributed by atoms with Crippen LogP contribution in [0.25, 0.3) is 0 Å². The lowest BCUT2D eigenvalue weighted by Gasteiger charge is -2.45. The van der Waals surface area contributed by atoms with Gasteiger partial charge in [-0.2, -0.15) is 27.1 Å². The molecule has 0 radical (unpaired) electrons. The number of thiophene rings is 1. The van der Waals surface area contributed by atoms with Gasteiger partial charge < -0.3 is 15.4 Å². The molecule has 1 aliphatic heterocycles. The van der Waals surface area contributed by atoms with Crippen LogP contribution in [0, 0.1) is 45.3 Å². The summed E-state index contributed by atoms with van der Waals surface area (Å²) in [7, 11) is 0. The number of fused-ring (bicyclic) bond motifs is 1. The van der Waals surface area contributed by atoms with E-state index in [2.05, 4.69) is 18.2 Å². The molecule has 3 rings (SSSR count). The molecule has 0 spiro atoms. The Bertz CT molecular complexity index is 997. The van der Waals surface area contributed by atoms with E-state index in [0.717, 1.165) is 5.56 Å². The number of carbonyl (C=O) groups excluding carboxylic acids is 1. The van der Waals surface area contributed by atoms with Crippen LogP contribution < -0.4 is 5.73 Å². The third kappa shape index (κ3) is 3.35. The minimum Gasteiger partial charge on any atom is -0.444 e. The SMILES string of the molecule is CC(C)(C)OC(=O)N1CC=C2C(C#N)=C(N)C(C#N)(C#N)C(c3ccsc3)[C@H]2C1. The number of nitriles is 3. The van der Waals surface area contributed by atoms with Crippen LogP contribution in [0.5, 0.6) is 0 Å². The summed E-state index contributed by atoms with van der Waals surface area (Å²) in [5, 5.41) is 33.5. The number of nitrogens with two attached hydrogens (primary N) is 1. The number of amides is 1. The lowest BCUT2D eigenvalue weighted by molar-refractivity contribution is 0.0225. The highest BCUT2D eigenvalue weighted by Crippen LogP contribution is 2.54. The van der Waals surface area contributed by atoms with E-state index >= 15 is 0 Å². The van der Waals surface area contributed by atoms with Gasteiger partial charge in [-0.05, 0) is 48.7 Å². The van der Waals surface area contributed by atoms with E-state index in [0.29, 0.717) is 5.57 Å². The molecule has 1 unspecified atom stereocenters. The number of carbonyl (C=O) groups is 1. The summed E-state index contributed by atoms with van der Waals surface area (Å²) in [4.78, 5) is 14.2. The molecule has 0 saturated heterocycles. The van der Waals surface area contributed by atoms with Gasteiger partial charge in [0.25, 0.3) is 0 Å². The molecule has 0 aromatic carbocycles. The largest absolute Gasteiger partial charge is 0.444 e. The molecule has 1 aromatic heterocycles. The van der Waals surface area contributed by atoms with Crippen LogP contribution in [0.3, 0.4) is 0 Å². The van der Waals surface area contributed by atoms with E-state index in [-0.39, 0.29) is 24.4 Å². The van der Waals surface area contributed by atoms with Gasteiger partial charge in [-0.3, -0.25) is 0 Å². The molecule has 2 aliphatic rings. The molecule has 29 heavy (non-hydrogen) atoms. The lowest BCUT2D eigenvalue weighted by atomic mass is 9.58. The Balaban J connectivity index is 2.14. The fraction of sp³-hybridized carbons (Fsp3) is 0.429. The monoisotopic (exact) mass is 407 g/mol. The first kappa shape index (κ1) is 20.5. The lowest BCUT2D eigenvalue weighted by Crippen LogP contribution is -2.50. The molecule has 0 bridgehead atoms. The number of nitrogens with zero attached hydrogens (tertiary/aromatic N) is 4. The van der Waals surface area contributed by atoms with Crippen LogP contribution in [-0.2, 0) is 4.74 Å². The summed E-state index contributed by atoms with van der Waals surface area (Å²) >= 11 is 1.45. The average Bonchev–Trinajstić information content (AvgIpc) is 3.19. The molecule has 2 heterocycles. The third-order valence-corrected chi connectivity index (χ3v) is 5.92. The molecule has 1 aliphatic carbocycles. The zero-order valence-electron chi connectivity index (χ0n) is 16.5. The van der Waals surface area contributed by atoms with Crippen molar-refractivity contribution in [2.24, 2.45) is 17.1 Å². The zero-order chi connectivity index (χ0) is 21.4. The molecular weight excluding hydrogens is 386 g/mol. The van der Waals surface area contributed by atoms with E-state index in [1.807, 2.05) is 16.8 Å². The molecule has 7 nitrogen and oxygen atoms in total. The topological polar surface area (TPSA) is 127 Å². The van der Waals surface area contributed by atoms with Gasteiger partial charge in [-0.1, -0.05) is 6.08 Å². The Labute approximate surface area is 173 Å². The number of rotatable bonds is 1. The van der Waals surface area contributed by atoms with Gasteiger partial charge in [-0.25, -0.2) is 4.79 Å². The van der Waals surface area contributed by atoms with Gasteiger partial charge >= 0.3 is 6.09 Å². The summed E-state index contributed by atoms with van der Waals surface area (Å²) in [6.07, 6.45) is 1.30. The molecule has 2 N–H and O–H groups in total. The molecule has 8 heteroatoms. The Kier molecular flexibility index (Phi) is 5.13. The maximum atomic E-state index is 12.6. The van der Waals surface area contributed by atoms with Crippen LogP contribution in [0.2, 0.25) is 0 Å². The Hall–Kier alpha value is -3.28. The Morgan fingerprint density at radius 1 is 1.34 bits per heavy atom. The fourth-order valence-corrected chi connectivity index (χ4v) is 4.68. The van der Waals surface area contributed by atoms with Gasteiger partial charge in [0.2, 0.25) is 0 Å². The second-order valence-electron chi connectivity index (χ2n) is 8.12. The highest BCUT2D eigenvalue weighted by Gasteiger charge is 2.55. The van der Waals surface area contributed by atoms with Crippen LogP contribution in [0.4, 0.5) is 4.79 Å². The van der Waals surface area contributed by atoms with Crippen LogP contribution in [0.1, 0.15) is 32.3 Å². The predicted octanol–water partition coefficient (Wildman–Crippen LogP) is 3.41. The Morgan fingerprint density at radius 3 is 2.55 bits per heavy atom. The average molecular weight is 407 g/mol. The number of ether oxygens (including phenoxy) is 1. The summed E-state index contributed by atoms with van der Waals surface area (Å²) in [5.74, 6) is -1.02. The molecule has 0 saturated carbocycles. The highest BCUT2D eigenvalue weighted by molar-refractivity contribution is 7.08. The van der Waals surface area contributed by atoms with Crippen molar-refractivity contribution in [2.45, 2.75) is 32.3 Å². The van der Waals surface area contributed by atoms with E-state index in [1.54, 1.807) is 26.8 Å². The predicted molar refractivity (Wildman–Crippen MR) is 107 cm³/mol. The first-order valence-corrected chi connectivity index (χ1v) is 10.1. The second kappa shape index (κ2) is 7.28. The van der Waals surface area contributed by atoms with E-state index in [1.165, 1.54) is 16.2 Å². The first-order chi connectivity index (χ1) is 13.7.